The number of ether oxygens (including phenoxy) is 1. The molecule has 6 unspecified atom stereocenters. The molecule has 53 heavy (non-hydrogen) atoms. The number of benzene rings is 2. The molecule has 14 heteroatoms. The van der Waals surface area contributed by atoms with Gasteiger partial charge in [0, 0.05) is 38.8 Å². The number of carbonyl (C=O) groups excluding carboxylic acids is 4. The second kappa shape index (κ2) is 12.2. The van der Waals surface area contributed by atoms with Gasteiger partial charge in [-0.2, -0.15) is 5.10 Å². The lowest BCUT2D eigenvalue weighted by atomic mass is 9.51. The normalized spacial score (nSPS) is 27.1. The minimum Gasteiger partial charge on any atom is -0.503 e. The highest BCUT2D eigenvalue weighted by atomic mass is 79.9. The van der Waals surface area contributed by atoms with Crippen LogP contribution in [0, 0.1) is 36.0 Å². The number of anilines is 1. The molecular formula is C39H37Br2ClN4O6S. The monoisotopic (exact) mass is 882 g/mol. The van der Waals surface area contributed by atoms with E-state index in [0.29, 0.717) is 37.5 Å². The maximum absolute atomic E-state index is 15.2. The lowest BCUT2D eigenvalue weighted by Gasteiger charge is -2.49. The van der Waals surface area contributed by atoms with Gasteiger partial charge in [0.2, 0.25) is 23.6 Å². The van der Waals surface area contributed by atoms with Crippen molar-refractivity contribution in [3.63, 3.8) is 0 Å². The molecule has 0 spiro atoms. The van der Waals surface area contributed by atoms with Gasteiger partial charge in [0.25, 0.3) is 0 Å². The van der Waals surface area contributed by atoms with Gasteiger partial charge in [-0.1, -0.05) is 23.3 Å². The third-order valence-corrected chi connectivity index (χ3v) is 15.6. The fourth-order valence-electron chi connectivity index (χ4n) is 9.43. The zero-order valence-corrected chi connectivity index (χ0v) is 34.8. The van der Waals surface area contributed by atoms with Crippen molar-refractivity contribution in [1.82, 2.24) is 14.7 Å². The van der Waals surface area contributed by atoms with Gasteiger partial charge in [0.1, 0.15) is 11.5 Å². The summed E-state index contributed by atoms with van der Waals surface area (Å²) in [6, 6.07) is 9.21. The van der Waals surface area contributed by atoms with Crippen LogP contribution in [-0.4, -0.2) is 56.1 Å². The van der Waals surface area contributed by atoms with Crippen molar-refractivity contribution >= 4 is 94.3 Å². The van der Waals surface area contributed by atoms with Gasteiger partial charge in [-0.25, -0.2) is 4.90 Å². The van der Waals surface area contributed by atoms with E-state index in [1.807, 2.05) is 58.9 Å². The Morgan fingerprint density at radius 3 is 2.43 bits per heavy atom. The number of thiophene rings is 1. The van der Waals surface area contributed by atoms with Crippen molar-refractivity contribution in [2.24, 2.45) is 36.1 Å². The molecular weight excluding hydrogens is 848 g/mol. The van der Waals surface area contributed by atoms with Gasteiger partial charge in [-0.15, -0.1) is 11.3 Å². The number of phenols is 1. The molecule has 1 N–H and O–H groups in total. The first kappa shape index (κ1) is 36.5. The molecule has 4 aromatic rings. The third-order valence-electron chi connectivity index (χ3n) is 11.9. The number of fused-ring (bicyclic) bond motifs is 5. The Morgan fingerprint density at radius 1 is 1.04 bits per heavy atom. The van der Waals surface area contributed by atoms with Crippen molar-refractivity contribution in [3.8, 4) is 22.1 Å². The predicted octanol–water partition coefficient (Wildman–Crippen LogP) is 8.53. The summed E-state index contributed by atoms with van der Waals surface area (Å²) in [5.41, 5.74) is 1.03. The molecule has 8 rings (SSSR count). The molecule has 10 nitrogen and oxygen atoms in total. The first-order valence-electron chi connectivity index (χ1n) is 17.4. The van der Waals surface area contributed by atoms with E-state index in [4.69, 9.17) is 21.4 Å². The second-order valence-corrected chi connectivity index (χ2v) is 18.8. The Labute approximate surface area is 332 Å². The number of methoxy groups -OCH3 is 1. The molecule has 1 saturated carbocycles. The number of aryl methyl sites for hydroxylation is 2. The average Bonchev–Trinajstić information content (AvgIpc) is 3.77. The smallest absolute Gasteiger partial charge is 0.242 e. The summed E-state index contributed by atoms with van der Waals surface area (Å²) in [6.07, 6.45) is 2.55. The number of allylic oxidation sites excluding steroid dienone is 2. The van der Waals surface area contributed by atoms with E-state index in [1.54, 1.807) is 35.2 Å². The Bertz CT molecular complexity index is 2360. The van der Waals surface area contributed by atoms with Crippen molar-refractivity contribution in [2.45, 2.75) is 58.9 Å². The van der Waals surface area contributed by atoms with Crippen LogP contribution in [0.25, 0.3) is 20.7 Å². The van der Waals surface area contributed by atoms with E-state index in [1.165, 1.54) is 16.9 Å². The molecule has 2 saturated heterocycles. The van der Waals surface area contributed by atoms with E-state index >= 15 is 4.79 Å². The number of aromatic hydroxyl groups is 1. The van der Waals surface area contributed by atoms with E-state index < -0.39 is 46.5 Å². The van der Waals surface area contributed by atoms with Crippen LogP contribution in [0.15, 0.2) is 50.9 Å². The maximum atomic E-state index is 15.2. The number of phenolic OH excluding ortho intramolecular Hbond substituents is 1. The Kier molecular flexibility index (Phi) is 8.42. The number of amides is 4. The van der Waals surface area contributed by atoms with Crippen LogP contribution in [0.5, 0.6) is 11.5 Å². The minimum atomic E-state index is -1.32. The molecule has 2 aliphatic carbocycles. The number of halogens is 3. The first-order chi connectivity index (χ1) is 24.9. The lowest BCUT2D eigenvalue weighted by molar-refractivity contribution is -0.145. The summed E-state index contributed by atoms with van der Waals surface area (Å²) >= 11 is 15.1. The molecule has 4 heterocycles. The van der Waals surface area contributed by atoms with Crippen molar-refractivity contribution in [2.75, 3.05) is 12.0 Å². The Hall–Kier alpha value is -3.52. The predicted molar refractivity (Wildman–Crippen MR) is 210 cm³/mol. The lowest BCUT2D eigenvalue weighted by Crippen LogP contribution is -2.49. The van der Waals surface area contributed by atoms with Crippen LogP contribution in [-0.2, 0) is 26.2 Å². The number of hydrogen-bond acceptors (Lipinski definition) is 8. The van der Waals surface area contributed by atoms with E-state index in [2.05, 4.69) is 31.9 Å². The number of imide groups is 2. The summed E-state index contributed by atoms with van der Waals surface area (Å²) < 4.78 is 9.02. The zero-order valence-electron chi connectivity index (χ0n) is 30.1. The molecule has 4 aliphatic rings. The zero-order chi connectivity index (χ0) is 38.2. The first-order valence-corrected chi connectivity index (χ1v) is 20.1. The molecule has 276 valence electrons. The van der Waals surface area contributed by atoms with Gasteiger partial charge in [-0.3, -0.25) is 28.8 Å². The Morgan fingerprint density at radius 2 is 1.75 bits per heavy atom. The molecule has 2 aromatic carbocycles. The van der Waals surface area contributed by atoms with Crippen LogP contribution in [0.3, 0.4) is 0 Å². The molecule has 2 aliphatic heterocycles. The highest BCUT2D eigenvalue weighted by Crippen LogP contribution is 2.65. The van der Waals surface area contributed by atoms with Gasteiger partial charge in [0.05, 0.1) is 39.6 Å². The average molecular weight is 885 g/mol. The van der Waals surface area contributed by atoms with Crippen LogP contribution in [0.4, 0.5) is 5.82 Å². The van der Waals surface area contributed by atoms with Crippen molar-refractivity contribution < 1.29 is 29.0 Å². The number of rotatable bonds is 4. The number of carbonyl (C=O) groups is 4. The highest BCUT2D eigenvalue weighted by Gasteiger charge is 2.68. The topological polar surface area (TPSA) is 122 Å². The Balaban J connectivity index is 1.29. The summed E-state index contributed by atoms with van der Waals surface area (Å²) in [6.45, 7) is 9.38. The molecule has 6 atom stereocenters. The quantitative estimate of drug-likeness (QED) is 0.161. The van der Waals surface area contributed by atoms with Gasteiger partial charge >= 0.3 is 0 Å². The van der Waals surface area contributed by atoms with Gasteiger partial charge in [0.15, 0.2) is 11.5 Å². The van der Waals surface area contributed by atoms with Gasteiger partial charge < -0.3 is 9.84 Å². The van der Waals surface area contributed by atoms with E-state index in [-0.39, 0.29) is 35.6 Å². The van der Waals surface area contributed by atoms with Crippen molar-refractivity contribution in [1.29, 1.82) is 0 Å². The summed E-state index contributed by atoms with van der Waals surface area (Å²) in [5.74, 6) is -4.14. The SMILES string of the molecule is COc1cc(C2C3=CCC4C(=O)N(C(C)(C)C)C(=O)C4C3CC3C(=O)N(c4cc(-c5sc6ccc(Cl)cc6c5C)nn4C)C(=O)C32C)c(Br)c(Br)c1O. The minimum absolute atomic E-state index is 0.121. The fourth-order valence-corrected chi connectivity index (χ4v) is 11.7. The highest BCUT2D eigenvalue weighted by molar-refractivity contribution is 9.13. The van der Waals surface area contributed by atoms with Crippen LogP contribution >= 0.6 is 54.8 Å². The second-order valence-electron chi connectivity index (χ2n) is 15.7. The van der Waals surface area contributed by atoms with Crippen LogP contribution < -0.4 is 9.64 Å². The summed E-state index contributed by atoms with van der Waals surface area (Å²) in [7, 11) is 3.16. The number of aromatic nitrogens is 2. The summed E-state index contributed by atoms with van der Waals surface area (Å²) in [4.78, 5) is 61.8. The largest absolute Gasteiger partial charge is 0.503 e. The van der Waals surface area contributed by atoms with E-state index in [0.717, 1.165) is 26.1 Å². The number of nitrogens with zero attached hydrogens (tertiary/aromatic N) is 4. The van der Waals surface area contributed by atoms with Crippen LogP contribution in [0.1, 0.15) is 57.6 Å². The van der Waals surface area contributed by atoms with E-state index in [9.17, 15) is 19.5 Å². The fraction of sp³-hybridized carbons (Fsp3) is 0.410. The van der Waals surface area contributed by atoms with Crippen LogP contribution in [0.2, 0.25) is 5.02 Å². The molecule has 0 radical (unpaired) electrons. The number of likely N-dealkylation sites (tertiary alicyclic amines) is 1. The molecule has 2 aromatic heterocycles. The molecule has 4 amide bonds. The molecule has 0 bridgehead atoms. The summed E-state index contributed by atoms with van der Waals surface area (Å²) in [5, 5.41) is 17.4. The maximum Gasteiger partial charge on any atom is 0.242 e. The molecule has 3 fully saturated rings. The third kappa shape index (κ3) is 5.02. The standard InChI is InChI=1S/C39H37Br2ClN4O6S/c1-16-20-12-17(42)8-11-26(20)53-33(16)24-15-27(44(6)43-24)45-35(49)23-13-21-18(9-10-19-28(21)36(50)46(34(19)48)38(2,3)4)29(39(23,5)37(45)51)22-14-25(52-7)32(47)31(41)30(22)40/h8-9,11-12,14-15,19,21,23,28-29,47H,10,13H2,1-7H3. The number of hydrogen-bond donors (Lipinski definition) is 1. The van der Waals surface area contributed by atoms with Crippen molar-refractivity contribution in [3.05, 3.63) is 67.1 Å². The van der Waals surface area contributed by atoms with Gasteiger partial charge in [-0.05, 0) is 126 Å².